The SMILES string of the molecule is Cc1cc(Cl)cc(NS(=O)(=O)NC2CC2)c1O. The molecule has 3 N–H and O–H groups in total. The average molecular weight is 277 g/mol. The zero-order chi connectivity index (χ0) is 12.6. The number of hydrogen-bond acceptors (Lipinski definition) is 3. The minimum absolute atomic E-state index is 0.00919. The Morgan fingerprint density at radius 3 is 2.65 bits per heavy atom. The summed E-state index contributed by atoms with van der Waals surface area (Å²) >= 11 is 5.80. The molecule has 1 aromatic rings. The Kier molecular flexibility index (Phi) is 3.20. The molecule has 0 radical (unpaired) electrons. The third kappa shape index (κ3) is 3.24. The highest BCUT2D eigenvalue weighted by Gasteiger charge is 2.27. The largest absolute Gasteiger partial charge is 0.505 e. The van der Waals surface area contributed by atoms with E-state index >= 15 is 0 Å². The minimum atomic E-state index is -3.65. The molecule has 0 spiro atoms. The third-order valence-electron chi connectivity index (χ3n) is 2.41. The Morgan fingerprint density at radius 2 is 2.06 bits per heavy atom. The van der Waals surface area contributed by atoms with Crippen molar-refractivity contribution in [2.45, 2.75) is 25.8 Å². The van der Waals surface area contributed by atoms with Crippen LogP contribution >= 0.6 is 11.6 Å². The van der Waals surface area contributed by atoms with Crippen LogP contribution in [0.1, 0.15) is 18.4 Å². The normalized spacial score (nSPS) is 15.9. The van der Waals surface area contributed by atoms with E-state index in [1.165, 1.54) is 6.07 Å². The van der Waals surface area contributed by atoms with Gasteiger partial charge in [-0.05, 0) is 37.5 Å². The highest BCUT2D eigenvalue weighted by molar-refractivity contribution is 7.90. The molecule has 1 saturated carbocycles. The molecule has 0 bridgehead atoms. The molecule has 17 heavy (non-hydrogen) atoms. The molecule has 2 rings (SSSR count). The van der Waals surface area contributed by atoms with Crippen molar-refractivity contribution < 1.29 is 13.5 Å². The van der Waals surface area contributed by atoms with Gasteiger partial charge in [-0.2, -0.15) is 13.1 Å². The fraction of sp³-hybridized carbons (Fsp3) is 0.400. The number of hydrogen-bond donors (Lipinski definition) is 3. The molecular weight excluding hydrogens is 264 g/mol. The first-order valence-electron chi connectivity index (χ1n) is 5.16. The second-order valence-electron chi connectivity index (χ2n) is 4.12. The molecular formula is C10H13ClN2O3S. The van der Waals surface area contributed by atoms with Crippen molar-refractivity contribution in [1.82, 2.24) is 4.72 Å². The van der Waals surface area contributed by atoms with Crippen molar-refractivity contribution in [2.75, 3.05) is 4.72 Å². The van der Waals surface area contributed by atoms with E-state index in [9.17, 15) is 13.5 Å². The van der Waals surface area contributed by atoms with Crippen molar-refractivity contribution in [3.8, 4) is 5.75 Å². The highest BCUT2D eigenvalue weighted by Crippen LogP contribution is 2.31. The Morgan fingerprint density at radius 1 is 1.41 bits per heavy atom. The van der Waals surface area contributed by atoms with E-state index in [1.54, 1.807) is 13.0 Å². The lowest BCUT2D eigenvalue weighted by Gasteiger charge is -2.11. The van der Waals surface area contributed by atoms with Crippen LogP contribution in [-0.2, 0) is 10.2 Å². The predicted octanol–water partition coefficient (Wildman–Crippen LogP) is 1.76. The van der Waals surface area contributed by atoms with Gasteiger partial charge in [0, 0.05) is 11.1 Å². The van der Waals surface area contributed by atoms with Gasteiger partial charge in [-0.3, -0.25) is 4.72 Å². The summed E-state index contributed by atoms with van der Waals surface area (Å²) in [7, 11) is -3.65. The zero-order valence-electron chi connectivity index (χ0n) is 9.20. The molecule has 1 aromatic carbocycles. The molecule has 7 heteroatoms. The molecule has 0 aromatic heterocycles. The maximum absolute atomic E-state index is 11.6. The number of aromatic hydroxyl groups is 1. The number of rotatable bonds is 4. The van der Waals surface area contributed by atoms with Crippen LogP contribution in [0.2, 0.25) is 5.02 Å². The first kappa shape index (κ1) is 12.5. The van der Waals surface area contributed by atoms with Gasteiger partial charge in [0.1, 0.15) is 5.75 Å². The second-order valence-corrected chi connectivity index (χ2v) is 6.00. The third-order valence-corrected chi connectivity index (χ3v) is 3.76. The summed E-state index contributed by atoms with van der Waals surface area (Å²) in [4.78, 5) is 0. The van der Waals surface area contributed by atoms with Crippen LogP contribution in [0.5, 0.6) is 5.75 Å². The molecule has 0 saturated heterocycles. The van der Waals surface area contributed by atoms with Gasteiger partial charge in [0.05, 0.1) is 5.69 Å². The summed E-state index contributed by atoms with van der Waals surface area (Å²) < 4.78 is 28.0. The van der Waals surface area contributed by atoms with Crippen molar-refractivity contribution in [2.24, 2.45) is 0 Å². The summed E-state index contributed by atoms with van der Waals surface area (Å²) in [5.74, 6) is -0.115. The van der Waals surface area contributed by atoms with Crippen LogP contribution in [0, 0.1) is 6.92 Å². The average Bonchev–Trinajstić information content (AvgIpc) is 2.95. The van der Waals surface area contributed by atoms with Crippen LogP contribution < -0.4 is 9.44 Å². The number of phenolic OH excluding ortho intramolecular Hbond substituents is 1. The number of aryl methyl sites for hydroxylation is 1. The Hall–Kier alpha value is -0.980. The fourth-order valence-electron chi connectivity index (χ4n) is 1.41. The smallest absolute Gasteiger partial charge is 0.299 e. The summed E-state index contributed by atoms with van der Waals surface area (Å²) in [5, 5.41) is 10.1. The predicted molar refractivity (Wildman–Crippen MR) is 66.6 cm³/mol. The van der Waals surface area contributed by atoms with E-state index in [2.05, 4.69) is 9.44 Å². The van der Waals surface area contributed by atoms with Gasteiger partial charge in [0.15, 0.2) is 0 Å². The first-order chi connectivity index (χ1) is 7.87. The maximum atomic E-state index is 11.6. The number of phenols is 1. The molecule has 94 valence electrons. The highest BCUT2D eigenvalue weighted by atomic mass is 35.5. The molecule has 0 unspecified atom stereocenters. The fourth-order valence-corrected chi connectivity index (χ4v) is 2.86. The summed E-state index contributed by atoms with van der Waals surface area (Å²) in [5.41, 5.74) is 0.602. The van der Waals surface area contributed by atoms with Gasteiger partial charge in [0.2, 0.25) is 0 Å². The van der Waals surface area contributed by atoms with Crippen LogP contribution in [0.4, 0.5) is 5.69 Å². The molecule has 1 aliphatic rings. The van der Waals surface area contributed by atoms with Gasteiger partial charge in [-0.1, -0.05) is 11.6 Å². The van der Waals surface area contributed by atoms with Gasteiger partial charge in [-0.15, -0.1) is 0 Å². The standard InChI is InChI=1S/C10H13ClN2O3S/c1-6-4-7(11)5-9(10(6)14)13-17(15,16)12-8-2-3-8/h4-5,8,12-14H,2-3H2,1H3. The van der Waals surface area contributed by atoms with Crippen LogP contribution in [0.25, 0.3) is 0 Å². The molecule has 0 aliphatic heterocycles. The Balaban J connectivity index is 2.22. The Bertz CT molecular complexity index is 541. The van der Waals surface area contributed by atoms with Crippen molar-refractivity contribution in [1.29, 1.82) is 0 Å². The molecule has 5 nitrogen and oxygen atoms in total. The second kappa shape index (κ2) is 4.36. The molecule has 0 atom stereocenters. The number of nitrogens with one attached hydrogen (secondary N) is 2. The lowest BCUT2D eigenvalue weighted by atomic mass is 10.2. The molecule has 1 fully saturated rings. The zero-order valence-corrected chi connectivity index (χ0v) is 10.8. The molecule has 0 heterocycles. The minimum Gasteiger partial charge on any atom is -0.505 e. The van der Waals surface area contributed by atoms with Crippen LogP contribution in [0.15, 0.2) is 12.1 Å². The van der Waals surface area contributed by atoms with E-state index in [0.29, 0.717) is 10.6 Å². The van der Waals surface area contributed by atoms with E-state index in [4.69, 9.17) is 11.6 Å². The van der Waals surface area contributed by atoms with Gasteiger partial charge < -0.3 is 5.11 Å². The van der Waals surface area contributed by atoms with Gasteiger partial charge >= 0.3 is 0 Å². The van der Waals surface area contributed by atoms with E-state index in [1.807, 2.05) is 0 Å². The number of benzene rings is 1. The summed E-state index contributed by atoms with van der Waals surface area (Å²) in [6, 6.07) is 2.94. The van der Waals surface area contributed by atoms with Gasteiger partial charge in [-0.25, -0.2) is 0 Å². The van der Waals surface area contributed by atoms with Crippen molar-refractivity contribution in [3.05, 3.63) is 22.7 Å². The monoisotopic (exact) mass is 276 g/mol. The van der Waals surface area contributed by atoms with Crippen LogP contribution in [-0.4, -0.2) is 19.6 Å². The number of halogens is 1. The van der Waals surface area contributed by atoms with E-state index in [-0.39, 0.29) is 17.5 Å². The quantitative estimate of drug-likeness (QED) is 0.733. The van der Waals surface area contributed by atoms with E-state index in [0.717, 1.165) is 12.8 Å². The van der Waals surface area contributed by atoms with Crippen LogP contribution in [0.3, 0.4) is 0 Å². The maximum Gasteiger partial charge on any atom is 0.299 e. The lowest BCUT2D eigenvalue weighted by molar-refractivity contribution is 0.473. The van der Waals surface area contributed by atoms with Crippen molar-refractivity contribution in [3.63, 3.8) is 0 Å². The summed E-state index contributed by atoms with van der Waals surface area (Å²) in [6.07, 6.45) is 1.70. The van der Waals surface area contributed by atoms with E-state index < -0.39 is 10.2 Å². The topological polar surface area (TPSA) is 78.4 Å². The van der Waals surface area contributed by atoms with Gasteiger partial charge in [0.25, 0.3) is 10.2 Å². The first-order valence-corrected chi connectivity index (χ1v) is 7.03. The summed E-state index contributed by atoms with van der Waals surface area (Å²) in [6.45, 7) is 1.65. The number of anilines is 1. The Labute approximate surface area is 105 Å². The van der Waals surface area contributed by atoms with Crippen molar-refractivity contribution >= 4 is 27.5 Å². The molecule has 1 aliphatic carbocycles. The lowest BCUT2D eigenvalue weighted by Crippen LogP contribution is -2.31. The molecule has 0 amide bonds.